The van der Waals surface area contributed by atoms with Crippen LogP contribution in [0, 0.1) is 13.8 Å². The standard InChI is InChI=1S/C16H22BrN3O/c1-5-13-16(17)14(20(6-2)19-13)9-21-15-8-10(3)12(18)7-11(15)4/h7-8H,5-6,9,18H2,1-4H3. The molecule has 0 saturated carbocycles. The van der Waals surface area contributed by atoms with Crippen molar-refractivity contribution < 1.29 is 4.74 Å². The Morgan fingerprint density at radius 2 is 1.95 bits per heavy atom. The fraction of sp³-hybridized carbons (Fsp3) is 0.438. The first kappa shape index (κ1) is 15.9. The smallest absolute Gasteiger partial charge is 0.131 e. The van der Waals surface area contributed by atoms with E-state index in [1.54, 1.807) is 0 Å². The largest absolute Gasteiger partial charge is 0.487 e. The summed E-state index contributed by atoms with van der Waals surface area (Å²) in [5.41, 5.74) is 10.9. The Morgan fingerprint density at radius 1 is 1.24 bits per heavy atom. The van der Waals surface area contributed by atoms with E-state index in [2.05, 4.69) is 34.9 Å². The van der Waals surface area contributed by atoms with Crippen LogP contribution >= 0.6 is 15.9 Å². The molecule has 114 valence electrons. The van der Waals surface area contributed by atoms with Crippen LogP contribution in [0.3, 0.4) is 0 Å². The monoisotopic (exact) mass is 351 g/mol. The molecule has 5 heteroatoms. The van der Waals surface area contributed by atoms with E-state index in [0.29, 0.717) is 6.61 Å². The Morgan fingerprint density at radius 3 is 2.57 bits per heavy atom. The zero-order valence-corrected chi connectivity index (χ0v) is 14.6. The molecular weight excluding hydrogens is 330 g/mol. The topological polar surface area (TPSA) is 53.1 Å². The maximum absolute atomic E-state index is 5.99. The average Bonchev–Trinajstić information content (AvgIpc) is 2.77. The van der Waals surface area contributed by atoms with E-state index < -0.39 is 0 Å². The van der Waals surface area contributed by atoms with Gasteiger partial charge in [0.2, 0.25) is 0 Å². The van der Waals surface area contributed by atoms with Crippen molar-refractivity contribution in [1.29, 1.82) is 0 Å². The fourth-order valence-electron chi connectivity index (χ4n) is 2.27. The second kappa shape index (κ2) is 6.52. The molecular formula is C16H22BrN3O. The highest BCUT2D eigenvalue weighted by Gasteiger charge is 2.15. The van der Waals surface area contributed by atoms with Gasteiger partial charge in [-0.2, -0.15) is 5.10 Å². The number of hydrogen-bond donors (Lipinski definition) is 1. The third-order valence-electron chi connectivity index (χ3n) is 3.62. The number of nitrogen functional groups attached to an aromatic ring is 1. The molecule has 0 aliphatic rings. The quantitative estimate of drug-likeness (QED) is 0.828. The molecule has 0 spiro atoms. The number of ether oxygens (including phenoxy) is 1. The van der Waals surface area contributed by atoms with Gasteiger partial charge in [0.25, 0.3) is 0 Å². The van der Waals surface area contributed by atoms with Crippen molar-refractivity contribution in [2.75, 3.05) is 5.73 Å². The van der Waals surface area contributed by atoms with Gasteiger partial charge in [0.15, 0.2) is 0 Å². The first-order valence-corrected chi connectivity index (χ1v) is 8.00. The van der Waals surface area contributed by atoms with Crippen molar-refractivity contribution in [3.8, 4) is 5.75 Å². The fourth-order valence-corrected chi connectivity index (χ4v) is 2.95. The minimum absolute atomic E-state index is 0.492. The van der Waals surface area contributed by atoms with Crippen LogP contribution in [0.4, 0.5) is 5.69 Å². The highest BCUT2D eigenvalue weighted by atomic mass is 79.9. The van der Waals surface area contributed by atoms with E-state index in [1.165, 1.54) is 0 Å². The maximum Gasteiger partial charge on any atom is 0.131 e. The number of benzene rings is 1. The van der Waals surface area contributed by atoms with Crippen molar-refractivity contribution >= 4 is 21.6 Å². The van der Waals surface area contributed by atoms with Crippen LogP contribution in [0.15, 0.2) is 16.6 Å². The number of rotatable bonds is 5. The summed E-state index contributed by atoms with van der Waals surface area (Å²) < 4.78 is 9.03. The van der Waals surface area contributed by atoms with E-state index in [0.717, 1.165) is 51.4 Å². The van der Waals surface area contributed by atoms with E-state index >= 15 is 0 Å². The zero-order chi connectivity index (χ0) is 15.6. The summed E-state index contributed by atoms with van der Waals surface area (Å²) in [5.74, 6) is 0.871. The van der Waals surface area contributed by atoms with Gasteiger partial charge >= 0.3 is 0 Å². The summed E-state index contributed by atoms with van der Waals surface area (Å²) in [5, 5.41) is 4.58. The molecule has 1 aromatic heterocycles. The van der Waals surface area contributed by atoms with Crippen LogP contribution in [-0.4, -0.2) is 9.78 Å². The lowest BCUT2D eigenvalue weighted by molar-refractivity contribution is 0.289. The third kappa shape index (κ3) is 3.23. The van der Waals surface area contributed by atoms with Crippen LogP contribution in [-0.2, 0) is 19.6 Å². The van der Waals surface area contributed by atoms with Crippen molar-refractivity contribution in [2.24, 2.45) is 0 Å². The van der Waals surface area contributed by atoms with Gasteiger partial charge in [-0.3, -0.25) is 4.68 Å². The van der Waals surface area contributed by atoms with Gasteiger partial charge in [0, 0.05) is 12.2 Å². The molecule has 0 aliphatic carbocycles. The molecule has 1 heterocycles. The van der Waals surface area contributed by atoms with Crippen LogP contribution in [0.5, 0.6) is 5.75 Å². The summed E-state index contributed by atoms with van der Waals surface area (Å²) in [4.78, 5) is 0. The predicted octanol–water partition coefficient (Wildman–Crippen LogP) is 4.01. The lowest BCUT2D eigenvalue weighted by atomic mass is 10.1. The molecule has 1 aromatic carbocycles. The van der Waals surface area contributed by atoms with Crippen LogP contribution in [0.25, 0.3) is 0 Å². The van der Waals surface area contributed by atoms with Crippen LogP contribution in [0.1, 0.15) is 36.4 Å². The molecule has 21 heavy (non-hydrogen) atoms. The van der Waals surface area contributed by atoms with Gasteiger partial charge in [-0.1, -0.05) is 6.92 Å². The molecule has 0 amide bonds. The van der Waals surface area contributed by atoms with E-state index in [1.807, 2.05) is 30.7 Å². The van der Waals surface area contributed by atoms with Crippen LogP contribution < -0.4 is 10.5 Å². The lowest BCUT2D eigenvalue weighted by Gasteiger charge is -2.12. The van der Waals surface area contributed by atoms with Gasteiger partial charge in [-0.05, 0) is 66.4 Å². The number of aromatic nitrogens is 2. The first-order chi connectivity index (χ1) is 9.97. The van der Waals surface area contributed by atoms with Gasteiger partial charge in [-0.25, -0.2) is 0 Å². The molecule has 0 atom stereocenters. The summed E-state index contributed by atoms with van der Waals surface area (Å²) in [6, 6.07) is 3.94. The zero-order valence-electron chi connectivity index (χ0n) is 13.0. The highest BCUT2D eigenvalue weighted by Crippen LogP contribution is 2.27. The second-order valence-corrected chi connectivity index (χ2v) is 5.93. The van der Waals surface area contributed by atoms with E-state index in [4.69, 9.17) is 10.5 Å². The number of hydrogen-bond acceptors (Lipinski definition) is 3. The molecule has 2 rings (SSSR count). The molecule has 2 aromatic rings. The second-order valence-electron chi connectivity index (χ2n) is 5.14. The minimum Gasteiger partial charge on any atom is -0.487 e. The number of halogens is 1. The summed E-state index contributed by atoms with van der Waals surface area (Å²) >= 11 is 3.64. The lowest BCUT2D eigenvalue weighted by Crippen LogP contribution is -2.07. The molecule has 0 aliphatic heterocycles. The average molecular weight is 352 g/mol. The Labute approximate surface area is 134 Å². The first-order valence-electron chi connectivity index (χ1n) is 7.21. The van der Waals surface area contributed by atoms with Gasteiger partial charge in [0.1, 0.15) is 12.4 Å². The summed E-state index contributed by atoms with van der Waals surface area (Å²) in [6.07, 6.45) is 0.903. The Balaban J connectivity index is 2.24. The maximum atomic E-state index is 5.99. The minimum atomic E-state index is 0.492. The molecule has 2 N–H and O–H groups in total. The summed E-state index contributed by atoms with van der Waals surface area (Å²) in [7, 11) is 0. The van der Waals surface area contributed by atoms with Crippen molar-refractivity contribution in [3.63, 3.8) is 0 Å². The van der Waals surface area contributed by atoms with Gasteiger partial charge in [-0.15, -0.1) is 0 Å². The molecule has 0 radical (unpaired) electrons. The summed E-state index contributed by atoms with van der Waals surface area (Å²) in [6.45, 7) is 9.51. The Hall–Kier alpha value is -1.49. The molecule has 0 fully saturated rings. The number of aryl methyl sites for hydroxylation is 4. The SMILES string of the molecule is CCc1nn(CC)c(COc2cc(C)c(N)cc2C)c1Br. The number of anilines is 1. The molecule has 4 nitrogen and oxygen atoms in total. The Kier molecular flexibility index (Phi) is 4.93. The number of nitrogens with two attached hydrogens (primary N) is 1. The predicted molar refractivity (Wildman–Crippen MR) is 89.6 cm³/mol. The van der Waals surface area contributed by atoms with Crippen molar-refractivity contribution in [1.82, 2.24) is 9.78 Å². The third-order valence-corrected chi connectivity index (χ3v) is 4.54. The molecule has 0 bridgehead atoms. The van der Waals surface area contributed by atoms with Crippen molar-refractivity contribution in [3.05, 3.63) is 39.1 Å². The highest BCUT2D eigenvalue weighted by molar-refractivity contribution is 9.10. The Bertz CT molecular complexity index is 649. The number of nitrogens with zero attached hydrogens (tertiary/aromatic N) is 2. The van der Waals surface area contributed by atoms with Crippen molar-refractivity contribution in [2.45, 2.75) is 47.3 Å². The molecule has 0 unspecified atom stereocenters. The van der Waals surface area contributed by atoms with E-state index in [-0.39, 0.29) is 0 Å². The van der Waals surface area contributed by atoms with Gasteiger partial charge < -0.3 is 10.5 Å². The van der Waals surface area contributed by atoms with E-state index in [9.17, 15) is 0 Å². The van der Waals surface area contributed by atoms with Crippen LogP contribution in [0.2, 0.25) is 0 Å². The normalized spacial score (nSPS) is 10.9. The molecule has 0 saturated heterocycles. The van der Waals surface area contributed by atoms with Gasteiger partial charge in [0.05, 0.1) is 15.9 Å².